The molecule has 162 valence electrons. The van der Waals surface area contributed by atoms with Gasteiger partial charge in [0, 0.05) is 42.0 Å². The Kier molecular flexibility index (Phi) is 4.85. The van der Waals surface area contributed by atoms with E-state index in [1.165, 1.54) is 0 Å². The summed E-state index contributed by atoms with van der Waals surface area (Å²) in [5, 5.41) is 5.78. The molecule has 5 rings (SSSR count). The van der Waals surface area contributed by atoms with E-state index in [4.69, 9.17) is 14.2 Å². The van der Waals surface area contributed by atoms with Crippen LogP contribution in [0, 0.1) is 11.8 Å². The molecule has 2 aromatic rings. The Balaban J connectivity index is 1.53. The molecular formula is C24H26N2O5. The maximum Gasteiger partial charge on any atom is 0.254 e. The minimum Gasteiger partial charge on any atom is -0.497 e. The maximum absolute atomic E-state index is 13.1. The molecule has 2 aliphatic heterocycles. The van der Waals surface area contributed by atoms with E-state index in [0.29, 0.717) is 41.9 Å². The molecule has 2 N–H and O–H groups in total. The van der Waals surface area contributed by atoms with E-state index in [1.54, 1.807) is 20.2 Å². The topological polar surface area (TPSA) is 85.9 Å². The molecule has 1 saturated carbocycles. The van der Waals surface area contributed by atoms with Crippen molar-refractivity contribution in [2.24, 2.45) is 11.8 Å². The largest absolute Gasteiger partial charge is 0.497 e. The molecule has 0 radical (unpaired) electrons. The first kappa shape index (κ1) is 19.9. The van der Waals surface area contributed by atoms with E-state index in [0.717, 1.165) is 16.9 Å². The maximum atomic E-state index is 13.1. The number of carbonyl (C=O) groups excluding carboxylic acids is 2. The Labute approximate surface area is 181 Å². The van der Waals surface area contributed by atoms with E-state index < -0.39 is 0 Å². The Morgan fingerprint density at radius 2 is 1.87 bits per heavy atom. The van der Waals surface area contributed by atoms with Gasteiger partial charge in [-0.25, -0.2) is 0 Å². The Hall–Kier alpha value is -3.06. The van der Waals surface area contributed by atoms with Gasteiger partial charge in [0.15, 0.2) is 0 Å². The number of amides is 2. The monoisotopic (exact) mass is 422 g/mol. The van der Waals surface area contributed by atoms with Crippen molar-refractivity contribution >= 4 is 11.8 Å². The van der Waals surface area contributed by atoms with E-state index in [2.05, 4.69) is 10.6 Å². The first-order valence-corrected chi connectivity index (χ1v) is 10.6. The third kappa shape index (κ3) is 3.33. The fraction of sp³-hybridized carbons (Fsp3) is 0.417. The molecule has 0 aromatic heterocycles. The van der Waals surface area contributed by atoms with Crippen LogP contribution in [0.3, 0.4) is 0 Å². The zero-order valence-electron chi connectivity index (χ0n) is 17.8. The lowest BCUT2D eigenvalue weighted by atomic mass is 9.86. The summed E-state index contributed by atoms with van der Waals surface area (Å²) in [6.45, 7) is 3.38. The van der Waals surface area contributed by atoms with Crippen LogP contribution < -0.4 is 20.1 Å². The van der Waals surface area contributed by atoms with Gasteiger partial charge in [-0.2, -0.15) is 0 Å². The molecule has 1 unspecified atom stereocenters. The summed E-state index contributed by atoms with van der Waals surface area (Å²) in [5.41, 5.74) is 2.70. The number of benzene rings is 2. The van der Waals surface area contributed by atoms with Gasteiger partial charge in [0.2, 0.25) is 0 Å². The molecule has 5 atom stereocenters. The Morgan fingerprint density at radius 1 is 1.10 bits per heavy atom. The van der Waals surface area contributed by atoms with Crippen LogP contribution in [0.4, 0.5) is 0 Å². The van der Waals surface area contributed by atoms with Crippen molar-refractivity contribution in [3.63, 3.8) is 0 Å². The number of rotatable bonds is 5. The van der Waals surface area contributed by atoms with Crippen molar-refractivity contribution in [1.29, 1.82) is 0 Å². The average Bonchev–Trinajstić information content (AvgIpc) is 3.10. The van der Waals surface area contributed by atoms with Crippen LogP contribution in [0.2, 0.25) is 0 Å². The molecule has 31 heavy (non-hydrogen) atoms. The van der Waals surface area contributed by atoms with Crippen molar-refractivity contribution in [3.05, 3.63) is 58.7 Å². The van der Waals surface area contributed by atoms with Gasteiger partial charge in [-0.3, -0.25) is 9.59 Å². The van der Waals surface area contributed by atoms with Crippen molar-refractivity contribution in [1.82, 2.24) is 10.6 Å². The van der Waals surface area contributed by atoms with Crippen LogP contribution in [-0.4, -0.2) is 51.3 Å². The average molecular weight is 422 g/mol. The molecule has 2 amide bonds. The van der Waals surface area contributed by atoms with Gasteiger partial charge in [0.05, 0.1) is 25.9 Å². The molecule has 0 spiro atoms. The normalized spacial score (nSPS) is 27.6. The summed E-state index contributed by atoms with van der Waals surface area (Å²) in [6, 6.07) is 11.4. The quantitative estimate of drug-likeness (QED) is 0.773. The molecule has 2 aromatic carbocycles. The minimum atomic E-state index is -0.277. The number of carbonyl (C=O) groups is 2. The summed E-state index contributed by atoms with van der Waals surface area (Å²) in [7, 11) is 3.21. The van der Waals surface area contributed by atoms with Crippen LogP contribution in [0.25, 0.3) is 0 Å². The molecule has 1 saturated heterocycles. The molecule has 2 fully saturated rings. The van der Waals surface area contributed by atoms with Crippen molar-refractivity contribution in [2.45, 2.75) is 25.0 Å². The fourth-order valence-electron chi connectivity index (χ4n) is 4.93. The summed E-state index contributed by atoms with van der Waals surface area (Å²) in [6.07, 6.45) is -0.191. The van der Waals surface area contributed by atoms with Crippen LogP contribution in [-0.2, 0) is 4.74 Å². The highest BCUT2D eigenvalue weighted by Crippen LogP contribution is 2.46. The minimum absolute atomic E-state index is 0.116. The molecule has 3 aliphatic rings. The Bertz CT molecular complexity index is 1040. The van der Waals surface area contributed by atoms with Crippen LogP contribution in [0.5, 0.6) is 11.5 Å². The van der Waals surface area contributed by atoms with Crippen LogP contribution in [0.1, 0.15) is 44.7 Å². The second kappa shape index (κ2) is 7.57. The predicted molar refractivity (Wildman–Crippen MR) is 114 cm³/mol. The molecule has 7 heteroatoms. The Morgan fingerprint density at radius 3 is 2.58 bits per heavy atom. The third-order valence-electron chi connectivity index (χ3n) is 6.66. The first-order valence-electron chi connectivity index (χ1n) is 10.6. The van der Waals surface area contributed by atoms with Gasteiger partial charge < -0.3 is 24.8 Å². The number of hydrogen-bond donors (Lipinski definition) is 2. The van der Waals surface area contributed by atoms with Gasteiger partial charge in [-0.1, -0.05) is 12.1 Å². The van der Waals surface area contributed by atoms with Gasteiger partial charge in [0.25, 0.3) is 11.8 Å². The summed E-state index contributed by atoms with van der Waals surface area (Å²) >= 11 is 0. The van der Waals surface area contributed by atoms with E-state index in [-0.39, 0.29) is 29.9 Å². The highest BCUT2D eigenvalue weighted by molar-refractivity contribution is 6.02. The lowest BCUT2D eigenvalue weighted by Crippen LogP contribution is -2.30. The van der Waals surface area contributed by atoms with Gasteiger partial charge in [-0.05, 0) is 36.8 Å². The second-order valence-corrected chi connectivity index (χ2v) is 8.46. The number of methoxy groups -OCH3 is 1. The zero-order chi connectivity index (χ0) is 21.7. The highest BCUT2D eigenvalue weighted by atomic mass is 16.5. The predicted octanol–water partition coefficient (Wildman–Crippen LogP) is 2.34. The third-order valence-corrected chi connectivity index (χ3v) is 6.66. The van der Waals surface area contributed by atoms with E-state index in [1.807, 2.05) is 37.3 Å². The summed E-state index contributed by atoms with van der Waals surface area (Å²) < 4.78 is 16.9. The molecule has 2 heterocycles. The van der Waals surface area contributed by atoms with Gasteiger partial charge >= 0.3 is 0 Å². The SMILES string of the molecule is CNC(=O)c1cc(C(=O)NC2[C@H]3COC[C@@H]23)cc2c1O[C@H](C)[C@H]2c1cccc(OC)c1. The summed E-state index contributed by atoms with van der Waals surface area (Å²) in [5.74, 6) is 1.54. The first-order chi connectivity index (χ1) is 15.0. The molecule has 7 nitrogen and oxygen atoms in total. The molecular weight excluding hydrogens is 396 g/mol. The lowest BCUT2D eigenvalue weighted by Gasteiger charge is -2.16. The lowest BCUT2D eigenvalue weighted by molar-refractivity contribution is 0.0929. The number of hydrogen-bond acceptors (Lipinski definition) is 5. The number of fused-ring (bicyclic) bond motifs is 2. The van der Waals surface area contributed by atoms with Crippen molar-refractivity contribution < 1.29 is 23.8 Å². The number of ether oxygens (including phenoxy) is 3. The van der Waals surface area contributed by atoms with Gasteiger partial charge in [-0.15, -0.1) is 0 Å². The second-order valence-electron chi connectivity index (χ2n) is 8.46. The molecule has 0 bridgehead atoms. The van der Waals surface area contributed by atoms with Crippen LogP contribution >= 0.6 is 0 Å². The van der Waals surface area contributed by atoms with Crippen LogP contribution in [0.15, 0.2) is 36.4 Å². The van der Waals surface area contributed by atoms with E-state index in [9.17, 15) is 9.59 Å². The van der Waals surface area contributed by atoms with E-state index >= 15 is 0 Å². The standard InChI is InChI=1S/C24H26N2O5/c1-12-20(13-5-4-6-15(7-13)29-3)16-8-14(9-17(22(16)31-12)24(28)25-2)23(27)26-21-18-10-30-11-19(18)21/h4-9,12,18-21H,10-11H2,1-3H3,(H,25,28)(H,26,27)/t12-,18-,19+,20+,21?/m1/s1. The summed E-state index contributed by atoms with van der Waals surface area (Å²) in [4.78, 5) is 25.7. The van der Waals surface area contributed by atoms with Gasteiger partial charge in [0.1, 0.15) is 17.6 Å². The fourth-order valence-corrected chi connectivity index (χ4v) is 4.93. The zero-order valence-corrected chi connectivity index (χ0v) is 17.8. The highest BCUT2D eigenvalue weighted by Gasteiger charge is 2.54. The smallest absolute Gasteiger partial charge is 0.254 e. The molecule has 1 aliphatic carbocycles. The number of nitrogens with one attached hydrogen (secondary N) is 2. The van der Waals surface area contributed by atoms with Crippen molar-refractivity contribution in [2.75, 3.05) is 27.4 Å². The van der Waals surface area contributed by atoms with Crippen molar-refractivity contribution in [3.8, 4) is 11.5 Å².